The van der Waals surface area contributed by atoms with E-state index in [4.69, 9.17) is 14.2 Å². The van der Waals surface area contributed by atoms with Gasteiger partial charge in [-0.05, 0) is 53.4 Å². The second-order valence-electron chi connectivity index (χ2n) is 7.84. The highest BCUT2D eigenvalue weighted by Gasteiger charge is 2.23. The quantitative estimate of drug-likeness (QED) is 0.413. The number of methoxy groups -OCH3 is 1. The molecule has 1 aromatic heterocycles. The van der Waals surface area contributed by atoms with Gasteiger partial charge in [0, 0.05) is 23.7 Å². The van der Waals surface area contributed by atoms with Crippen molar-refractivity contribution in [3.63, 3.8) is 0 Å². The first-order valence-corrected chi connectivity index (χ1v) is 11.9. The van der Waals surface area contributed by atoms with Crippen molar-refractivity contribution in [1.82, 2.24) is 9.80 Å². The van der Waals surface area contributed by atoms with Crippen molar-refractivity contribution in [2.24, 2.45) is 0 Å². The van der Waals surface area contributed by atoms with Crippen LogP contribution in [-0.2, 0) is 17.9 Å². The lowest BCUT2D eigenvalue weighted by atomic mass is 10.2. The fourth-order valence-electron chi connectivity index (χ4n) is 3.60. The van der Waals surface area contributed by atoms with Crippen LogP contribution in [0.4, 0.5) is 10.5 Å². The van der Waals surface area contributed by atoms with Gasteiger partial charge < -0.3 is 29.3 Å². The van der Waals surface area contributed by atoms with Gasteiger partial charge in [-0.2, -0.15) is 0 Å². The van der Waals surface area contributed by atoms with Gasteiger partial charge in [-0.1, -0.05) is 18.2 Å². The molecule has 2 aromatic carbocycles. The molecule has 0 spiro atoms. The Balaban J connectivity index is 1.47. The van der Waals surface area contributed by atoms with Gasteiger partial charge in [0.2, 0.25) is 12.7 Å². The number of hydrogen-bond acceptors (Lipinski definition) is 6. The van der Waals surface area contributed by atoms with Crippen LogP contribution in [0, 0.1) is 0 Å². The lowest BCUT2D eigenvalue weighted by Gasteiger charge is -2.27. The van der Waals surface area contributed by atoms with E-state index in [1.165, 1.54) is 4.90 Å². The van der Waals surface area contributed by atoms with Gasteiger partial charge in [-0.15, -0.1) is 17.9 Å². The maximum absolute atomic E-state index is 13.4. The molecule has 0 bridgehead atoms. The summed E-state index contributed by atoms with van der Waals surface area (Å²) in [6, 6.07) is 16.2. The molecule has 0 unspecified atom stereocenters. The fraction of sp³-hybridized carbons (Fsp3) is 0.231. The number of anilines is 1. The van der Waals surface area contributed by atoms with E-state index < -0.39 is 0 Å². The molecule has 8 nitrogen and oxygen atoms in total. The SMILES string of the molecule is C=CCN(CC(=O)N(Cc1ccc2c(c1)OCO2)Cc1cccs1)C(=O)Nc1ccc(OC)cc1. The lowest BCUT2D eigenvalue weighted by molar-refractivity contribution is -0.132. The smallest absolute Gasteiger partial charge is 0.322 e. The van der Waals surface area contributed by atoms with Gasteiger partial charge in [0.1, 0.15) is 12.3 Å². The summed E-state index contributed by atoms with van der Waals surface area (Å²) >= 11 is 1.58. The highest BCUT2D eigenvalue weighted by molar-refractivity contribution is 7.09. The number of fused-ring (bicyclic) bond motifs is 1. The van der Waals surface area contributed by atoms with E-state index in [0.29, 0.717) is 36.0 Å². The Labute approximate surface area is 208 Å². The highest BCUT2D eigenvalue weighted by atomic mass is 32.1. The standard InChI is InChI=1S/C26H27N3O5S/c1-3-12-28(26(31)27-20-7-9-21(32-2)10-8-20)17-25(30)29(16-22-5-4-13-35-22)15-19-6-11-23-24(14-19)34-18-33-23/h3-11,13-14H,1,12,15-18H2,2H3,(H,27,31). The summed E-state index contributed by atoms with van der Waals surface area (Å²) < 4.78 is 16.0. The average Bonchev–Trinajstić information content (AvgIpc) is 3.55. The molecule has 3 aromatic rings. The van der Waals surface area contributed by atoms with Gasteiger partial charge in [-0.3, -0.25) is 4.79 Å². The topological polar surface area (TPSA) is 80.3 Å². The van der Waals surface area contributed by atoms with Gasteiger partial charge in [0.25, 0.3) is 0 Å². The third-order valence-electron chi connectivity index (χ3n) is 5.39. The second-order valence-corrected chi connectivity index (χ2v) is 8.88. The molecule has 0 atom stereocenters. The minimum absolute atomic E-state index is 0.0933. The summed E-state index contributed by atoms with van der Waals surface area (Å²) in [5.74, 6) is 1.87. The Morgan fingerprint density at radius 3 is 2.60 bits per heavy atom. The van der Waals surface area contributed by atoms with Crippen molar-refractivity contribution >= 4 is 29.0 Å². The molecule has 1 aliphatic rings. The van der Waals surface area contributed by atoms with Crippen molar-refractivity contribution in [2.45, 2.75) is 13.1 Å². The summed E-state index contributed by atoms with van der Waals surface area (Å²) in [7, 11) is 1.58. The third kappa shape index (κ3) is 6.33. The minimum Gasteiger partial charge on any atom is -0.497 e. The molecular formula is C26H27N3O5S. The lowest BCUT2D eigenvalue weighted by Crippen LogP contribution is -2.44. The Bertz CT molecular complexity index is 1160. The van der Waals surface area contributed by atoms with Crippen molar-refractivity contribution in [1.29, 1.82) is 0 Å². The summed E-state index contributed by atoms with van der Waals surface area (Å²) in [6.45, 7) is 4.87. The number of benzene rings is 2. The van der Waals surface area contributed by atoms with E-state index in [0.717, 1.165) is 10.4 Å². The molecule has 0 saturated carbocycles. The molecule has 1 N–H and O–H groups in total. The maximum atomic E-state index is 13.4. The maximum Gasteiger partial charge on any atom is 0.322 e. The second kappa shape index (κ2) is 11.4. The molecule has 0 saturated heterocycles. The van der Waals surface area contributed by atoms with Crippen LogP contribution in [-0.4, -0.2) is 48.7 Å². The molecule has 35 heavy (non-hydrogen) atoms. The number of urea groups is 1. The molecule has 2 heterocycles. The Morgan fingerprint density at radius 1 is 1.09 bits per heavy atom. The number of nitrogens with one attached hydrogen (secondary N) is 1. The van der Waals surface area contributed by atoms with E-state index in [2.05, 4.69) is 11.9 Å². The number of thiophene rings is 1. The van der Waals surface area contributed by atoms with Gasteiger partial charge in [-0.25, -0.2) is 4.79 Å². The molecule has 1 aliphatic heterocycles. The van der Waals surface area contributed by atoms with E-state index in [9.17, 15) is 9.59 Å². The average molecular weight is 494 g/mol. The van der Waals surface area contributed by atoms with Gasteiger partial charge in [0.15, 0.2) is 11.5 Å². The van der Waals surface area contributed by atoms with Crippen molar-refractivity contribution in [3.8, 4) is 17.2 Å². The first-order chi connectivity index (χ1) is 17.1. The number of carbonyl (C=O) groups excluding carboxylic acids is 2. The normalized spacial score (nSPS) is 11.6. The zero-order valence-corrected chi connectivity index (χ0v) is 20.3. The number of hydrogen-bond donors (Lipinski definition) is 1. The van der Waals surface area contributed by atoms with E-state index in [-0.39, 0.29) is 31.8 Å². The third-order valence-corrected chi connectivity index (χ3v) is 6.26. The first-order valence-electron chi connectivity index (χ1n) is 11.1. The molecule has 3 amide bonds. The van der Waals surface area contributed by atoms with Crippen LogP contribution in [0.1, 0.15) is 10.4 Å². The van der Waals surface area contributed by atoms with E-state index >= 15 is 0 Å². The van der Waals surface area contributed by atoms with Gasteiger partial charge in [0.05, 0.1) is 13.7 Å². The van der Waals surface area contributed by atoms with Crippen LogP contribution in [0.5, 0.6) is 17.2 Å². The zero-order valence-electron chi connectivity index (χ0n) is 19.4. The van der Waals surface area contributed by atoms with Crippen LogP contribution in [0.3, 0.4) is 0 Å². The van der Waals surface area contributed by atoms with Crippen LogP contribution >= 0.6 is 11.3 Å². The summed E-state index contributed by atoms with van der Waals surface area (Å²) in [4.78, 5) is 30.6. The molecule has 9 heteroatoms. The predicted molar refractivity (Wildman–Crippen MR) is 135 cm³/mol. The molecule has 4 rings (SSSR count). The Hall–Kier alpha value is -3.98. The van der Waals surface area contributed by atoms with Crippen LogP contribution in [0.2, 0.25) is 0 Å². The predicted octanol–water partition coefficient (Wildman–Crippen LogP) is 4.73. The molecule has 0 fully saturated rings. The molecular weight excluding hydrogens is 466 g/mol. The zero-order chi connectivity index (χ0) is 24.6. The Morgan fingerprint density at radius 2 is 1.89 bits per heavy atom. The number of amides is 3. The molecule has 0 radical (unpaired) electrons. The number of carbonyl (C=O) groups is 2. The van der Waals surface area contributed by atoms with Gasteiger partial charge >= 0.3 is 6.03 Å². The van der Waals surface area contributed by atoms with Crippen molar-refractivity contribution < 1.29 is 23.8 Å². The Kier molecular flexibility index (Phi) is 7.89. The monoisotopic (exact) mass is 493 g/mol. The van der Waals surface area contributed by atoms with Crippen LogP contribution in [0.25, 0.3) is 0 Å². The number of ether oxygens (including phenoxy) is 3. The highest BCUT2D eigenvalue weighted by Crippen LogP contribution is 2.33. The van der Waals surface area contributed by atoms with Crippen LogP contribution in [0.15, 0.2) is 72.6 Å². The largest absolute Gasteiger partial charge is 0.497 e. The first kappa shape index (κ1) is 24.2. The summed E-state index contributed by atoms with van der Waals surface area (Å²) in [5.41, 5.74) is 1.52. The van der Waals surface area contributed by atoms with Crippen molar-refractivity contribution in [3.05, 3.63) is 83.1 Å². The minimum atomic E-state index is -0.387. The molecule has 0 aliphatic carbocycles. The fourth-order valence-corrected chi connectivity index (χ4v) is 4.32. The summed E-state index contributed by atoms with van der Waals surface area (Å²) in [5, 5.41) is 4.81. The van der Waals surface area contributed by atoms with E-state index in [1.807, 2.05) is 35.7 Å². The number of nitrogens with zero attached hydrogens (tertiary/aromatic N) is 2. The molecule has 182 valence electrons. The van der Waals surface area contributed by atoms with E-state index in [1.54, 1.807) is 53.7 Å². The summed E-state index contributed by atoms with van der Waals surface area (Å²) in [6.07, 6.45) is 1.60. The van der Waals surface area contributed by atoms with Crippen LogP contribution < -0.4 is 19.5 Å². The number of rotatable bonds is 10. The van der Waals surface area contributed by atoms with Crippen molar-refractivity contribution in [2.75, 3.05) is 32.3 Å².